The summed E-state index contributed by atoms with van der Waals surface area (Å²) in [4.78, 5) is 2.21. The molecule has 0 bridgehead atoms. The Morgan fingerprint density at radius 3 is 2.31 bits per heavy atom. The first-order valence-corrected chi connectivity index (χ1v) is 6.51. The van der Waals surface area contributed by atoms with Crippen LogP contribution in [0.3, 0.4) is 0 Å². The average Bonchev–Trinajstić information content (AvgIpc) is 2.29. The molecule has 0 amide bonds. The number of rotatable bonds is 7. The summed E-state index contributed by atoms with van der Waals surface area (Å²) < 4.78 is 0. The van der Waals surface area contributed by atoms with E-state index in [2.05, 4.69) is 50.2 Å². The molecule has 0 saturated carbocycles. The molecule has 0 atom stereocenters. The highest BCUT2D eigenvalue weighted by atomic mass is 15.1. The van der Waals surface area contributed by atoms with Crippen molar-refractivity contribution in [1.29, 1.82) is 0 Å². The van der Waals surface area contributed by atoms with Crippen LogP contribution in [0.2, 0.25) is 0 Å². The van der Waals surface area contributed by atoms with E-state index in [-0.39, 0.29) is 0 Å². The summed E-state index contributed by atoms with van der Waals surface area (Å²) in [5.41, 5.74) is 2.86. The molecule has 0 aromatic heterocycles. The summed E-state index contributed by atoms with van der Waals surface area (Å²) in [7, 11) is 4.24. The molecule has 0 aliphatic carbocycles. The highest BCUT2D eigenvalue weighted by molar-refractivity contribution is 5.52. The SMILES string of the molecule is CCCCCCCc1ccccc1N(C)C. The molecule has 1 aromatic rings. The lowest BCUT2D eigenvalue weighted by Crippen LogP contribution is -2.11. The average molecular weight is 219 g/mol. The van der Waals surface area contributed by atoms with Crippen LogP contribution < -0.4 is 4.90 Å². The molecule has 0 saturated heterocycles. The number of benzene rings is 1. The van der Waals surface area contributed by atoms with Crippen LogP contribution in [-0.2, 0) is 6.42 Å². The zero-order valence-corrected chi connectivity index (χ0v) is 11.0. The van der Waals surface area contributed by atoms with E-state index in [1.54, 1.807) is 0 Å². The predicted molar refractivity (Wildman–Crippen MR) is 73.2 cm³/mol. The van der Waals surface area contributed by atoms with Gasteiger partial charge in [0.15, 0.2) is 0 Å². The van der Waals surface area contributed by atoms with Crippen LogP contribution >= 0.6 is 0 Å². The first-order chi connectivity index (χ1) is 7.75. The van der Waals surface area contributed by atoms with E-state index >= 15 is 0 Å². The third kappa shape index (κ3) is 4.26. The van der Waals surface area contributed by atoms with Crippen molar-refractivity contribution in [2.45, 2.75) is 45.4 Å². The number of nitrogens with zero attached hydrogens (tertiary/aromatic N) is 1. The van der Waals surface area contributed by atoms with Gasteiger partial charge >= 0.3 is 0 Å². The maximum absolute atomic E-state index is 2.27. The van der Waals surface area contributed by atoms with Crippen LogP contribution in [0.1, 0.15) is 44.6 Å². The van der Waals surface area contributed by atoms with Crippen molar-refractivity contribution in [3.8, 4) is 0 Å². The maximum atomic E-state index is 2.27. The predicted octanol–water partition coefficient (Wildman–Crippen LogP) is 4.27. The molecule has 0 aliphatic heterocycles. The van der Waals surface area contributed by atoms with E-state index in [4.69, 9.17) is 0 Å². The highest BCUT2D eigenvalue weighted by Gasteiger charge is 2.02. The van der Waals surface area contributed by atoms with Gasteiger partial charge in [-0.05, 0) is 24.5 Å². The fourth-order valence-corrected chi connectivity index (χ4v) is 2.08. The van der Waals surface area contributed by atoms with E-state index in [0.29, 0.717) is 0 Å². The molecule has 0 N–H and O–H groups in total. The lowest BCUT2D eigenvalue weighted by molar-refractivity contribution is 0.632. The molecule has 0 unspecified atom stereocenters. The number of aryl methyl sites for hydroxylation is 1. The van der Waals surface area contributed by atoms with Gasteiger partial charge in [0.2, 0.25) is 0 Å². The lowest BCUT2D eigenvalue weighted by Gasteiger charge is -2.17. The van der Waals surface area contributed by atoms with Gasteiger partial charge in [-0.25, -0.2) is 0 Å². The summed E-state index contributed by atoms with van der Waals surface area (Å²) >= 11 is 0. The third-order valence-electron chi connectivity index (χ3n) is 3.02. The minimum Gasteiger partial charge on any atom is -0.377 e. The summed E-state index contributed by atoms with van der Waals surface area (Å²) in [6, 6.07) is 8.74. The van der Waals surface area contributed by atoms with Gasteiger partial charge in [-0.15, -0.1) is 0 Å². The number of hydrogen-bond donors (Lipinski definition) is 0. The van der Waals surface area contributed by atoms with Crippen LogP contribution in [0.5, 0.6) is 0 Å². The van der Waals surface area contributed by atoms with Crippen LogP contribution in [0, 0.1) is 0 Å². The maximum Gasteiger partial charge on any atom is 0.0393 e. The Labute approximate surface area is 100 Å². The van der Waals surface area contributed by atoms with Gasteiger partial charge in [0, 0.05) is 19.8 Å². The monoisotopic (exact) mass is 219 g/mol. The first kappa shape index (κ1) is 13.1. The lowest BCUT2D eigenvalue weighted by atomic mass is 10.0. The van der Waals surface area contributed by atoms with Gasteiger partial charge in [-0.3, -0.25) is 0 Å². The van der Waals surface area contributed by atoms with Crippen molar-refractivity contribution in [2.75, 3.05) is 19.0 Å². The molecule has 0 radical (unpaired) electrons. The second kappa shape index (κ2) is 7.32. The van der Waals surface area contributed by atoms with Gasteiger partial charge in [0.25, 0.3) is 0 Å². The van der Waals surface area contributed by atoms with Crippen LogP contribution in [-0.4, -0.2) is 14.1 Å². The van der Waals surface area contributed by atoms with Crippen LogP contribution in [0.4, 0.5) is 5.69 Å². The summed E-state index contributed by atoms with van der Waals surface area (Å²) in [6.07, 6.45) is 8.02. The zero-order chi connectivity index (χ0) is 11.8. The molecule has 0 heterocycles. The minimum atomic E-state index is 1.22. The van der Waals surface area contributed by atoms with E-state index in [9.17, 15) is 0 Å². The molecule has 0 fully saturated rings. The number of para-hydroxylation sites is 1. The fourth-order valence-electron chi connectivity index (χ4n) is 2.08. The minimum absolute atomic E-state index is 1.22. The summed E-state index contributed by atoms with van der Waals surface area (Å²) in [5, 5.41) is 0. The van der Waals surface area contributed by atoms with E-state index in [1.165, 1.54) is 49.8 Å². The zero-order valence-electron chi connectivity index (χ0n) is 11.0. The molecule has 1 aromatic carbocycles. The number of unbranched alkanes of at least 4 members (excludes halogenated alkanes) is 4. The quantitative estimate of drug-likeness (QED) is 0.619. The Hall–Kier alpha value is -0.980. The standard InChI is InChI=1S/C15H25N/c1-4-5-6-7-8-11-14-12-9-10-13-15(14)16(2)3/h9-10,12-13H,4-8,11H2,1-3H3. The van der Waals surface area contributed by atoms with Crippen molar-refractivity contribution in [1.82, 2.24) is 0 Å². The Kier molecular flexibility index (Phi) is 5.99. The Morgan fingerprint density at radius 1 is 0.938 bits per heavy atom. The van der Waals surface area contributed by atoms with Crippen molar-refractivity contribution in [2.24, 2.45) is 0 Å². The van der Waals surface area contributed by atoms with Crippen molar-refractivity contribution in [3.05, 3.63) is 29.8 Å². The molecule has 1 nitrogen and oxygen atoms in total. The third-order valence-corrected chi connectivity index (χ3v) is 3.02. The van der Waals surface area contributed by atoms with Crippen molar-refractivity contribution in [3.63, 3.8) is 0 Å². The fraction of sp³-hybridized carbons (Fsp3) is 0.600. The molecule has 0 aliphatic rings. The van der Waals surface area contributed by atoms with Crippen molar-refractivity contribution < 1.29 is 0 Å². The van der Waals surface area contributed by atoms with Gasteiger partial charge in [0.05, 0.1) is 0 Å². The topological polar surface area (TPSA) is 3.24 Å². The smallest absolute Gasteiger partial charge is 0.0393 e. The van der Waals surface area contributed by atoms with Gasteiger partial charge < -0.3 is 4.90 Å². The Morgan fingerprint density at radius 2 is 1.62 bits per heavy atom. The van der Waals surface area contributed by atoms with Gasteiger partial charge in [0.1, 0.15) is 0 Å². The Balaban J connectivity index is 2.41. The molecular weight excluding hydrogens is 194 g/mol. The normalized spacial score (nSPS) is 10.4. The molecular formula is C15H25N. The van der Waals surface area contributed by atoms with E-state index in [1.807, 2.05) is 0 Å². The van der Waals surface area contributed by atoms with E-state index < -0.39 is 0 Å². The van der Waals surface area contributed by atoms with Crippen LogP contribution in [0.15, 0.2) is 24.3 Å². The van der Waals surface area contributed by atoms with Crippen LogP contribution in [0.25, 0.3) is 0 Å². The second-order valence-corrected chi connectivity index (χ2v) is 4.69. The van der Waals surface area contributed by atoms with Crippen molar-refractivity contribution >= 4 is 5.69 Å². The summed E-state index contributed by atoms with van der Waals surface area (Å²) in [6.45, 7) is 2.27. The molecule has 16 heavy (non-hydrogen) atoms. The highest BCUT2D eigenvalue weighted by Crippen LogP contribution is 2.20. The van der Waals surface area contributed by atoms with Gasteiger partial charge in [-0.2, -0.15) is 0 Å². The molecule has 1 heteroatoms. The molecule has 1 rings (SSSR count). The number of hydrogen-bond acceptors (Lipinski definition) is 1. The molecule has 90 valence electrons. The second-order valence-electron chi connectivity index (χ2n) is 4.69. The van der Waals surface area contributed by atoms with Gasteiger partial charge in [-0.1, -0.05) is 50.8 Å². The largest absolute Gasteiger partial charge is 0.377 e. The Bertz CT molecular complexity index is 291. The summed E-state index contributed by atoms with van der Waals surface area (Å²) in [5.74, 6) is 0. The number of anilines is 1. The molecule has 0 spiro atoms. The van der Waals surface area contributed by atoms with E-state index in [0.717, 1.165) is 0 Å². The first-order valence-electron chi connectivity index (χ1n) is 6.51.